The molecule has 154 valence electrons. The van der Waals surface area contributed by atoms with Crippen molar-refractivity contribution in [3.05, 3.63) is 33.5 Å². The standard InChI is InChI=1S/C23H32O4S/c1-2-23(14-5-15-23)21(25)9-4-8-18-16(10-12-19(18)24)6-3-7-17-11-13-20(28-17)22(26)27/h8,11,13,16,21,25H,2-7,9-10,12,14-15H2,1H3,(H,26,27)/b18-8+/t16-,21?/m0/s1. The van der Waals surface area contributed by atoms with Gasteiger partial charge in [0.25, 0.3) is 0 Å². The third kappa shape index (κ3) is 4.74. The van der Waals surface area contributed by atoms with Gasteiger partial charge in [-0.3, -0.25) is 4.79 Å². The second kappa shape index (κ2) is 9.36. The number of aliphatic hydroxyl groups is 1. The van der Waals surface area contributed by atoms with Crippen molar-refractivity contribution in [2.45, 2.75) is 83.7 Å². The molecule has 5 heteroatoms. The predicted octanol–water partition coefficient (Wildman–Crippen LogP) is 5.40. The van der Waals surface area contributed by atoms with Crippen LogP contribution in [0.15, 0.2) is 23.8 Å². The SMILES string of the molecule is CCC1(C(O)CC/C=C2/C(=O)CC[C@@H]2CCCc2ccc(C(=O)O)s2)CCC1. The number of rotatable bonds is 10. The van der Waals surface area contributed by atoms with Gasteiger partial charge in [-0.2, -0.15) is 0 Å². The fourth-order valence-electron chi connectivity index (χ4n) is 4.82. The topological polar surface area (TPSA) is 74.6 Å². The van der Waals surface area contributed by atoms with Crippen molar-refractivity contribution in [2.75, 3.05) is 0 Å². The third-order valence-corrected chi connectivity index (χ3v) is 8.03. The molecule has 0 aromatic carbocycles. The van der Waals surface area contributed by atoms with Crippen LogP contribution in [0.1, 0.15) is 85.7 Å². The zero-order chi connectivity index (χ0) is 20.1. The average molecular weight is 405 g/mol. The Kier molecular flexibility index (Phi) is 7.10. The monoisotopic (exact) mass is 404 g/mol. The molecule has 0 amide bonds. The molecule has 2 aliphatic carbocycles. The summed E-state index contributed by atoms with van der Waals surface area (Å²) in [5.41, 5.74) is 1.11. The minimum atomic E-state index is -0.864. The second-order valence-electron chi connectivity index (χ2n) is 8.44. The van der Waals surface area contributed by atoms with E-state index in [1.807, 2.05) is 6.07 Å². The highest BCUT2D eigenvalue weighted by molar-refractivity contribution is 7.13. The molecule has 1 aromatic heterocycles. The van der Waals surface area contributed by atoms with Crippen molar-refractivity contribution in [3.8, 4) is 0 Å². The Balaban J connectivity index is 1.48. The number of allylic oxidation sites excluding steroid dienone is 2. The van der Waals surface area contributed by atoms with Crippen molar-refractivity contribution in [1.82, 2.24) is 0 Å². The number of aliphatic hydroxyl groups excluding tert-OH is 1. The summed E-state index contributed by atoms with van der Waals surface area (Å²) in [5.74, 6) is -0.262. The lowest BCUT2D eigenvalue weighted by Crippen LogP contribution is -2.40. The number of ketones is 1. The molecule has 0 spiro atoms. The van der Waals surface area contributed by atoms with Gasteiger partial charge in [-0.25, -0.2) is 4.79 Å². The third-order valence-electron chi connectivity index (χ3n) is 6.89. The molecule has 0 saturated heterocycles. The molecule has 2 aliphatic rings. The molecule has 0 aliphatic heterocycles. The highest BCUT2D eigenvalue weighted by atomic mass is 32.1. The normalized spacial score (nSPS) is 23.7. The molecule has 2 N–H and O–H groups in total. The summed E-state index contributed by atoms with van der Waals surface area (Å²) >= 11 is 1.34. The fraction of sp³-hybridized carbons (Fsp3) is 0.652. The van der Waals surface area contributed by atoms with E-state index < -0.39 is 5.97 Å². The van der Waals surface area contributed by atoms with Crippen LogP contribution in [-0.2, 0) is 11.2 Å². The highest BCUT2D eigenvalue weighted by Gasteiger charge is 2.41. The van der Waals surface area contributed by atoms with E-state index in [-0.39, 0.29) is 17.3 Å². The van der Waals surface area contributed by atoms with E-state index in [2.05, 4.69) is 13.0 Å². The number of carbonyl (C=O) groups excluding carboxylic acids is 1. The Hall–Kier alpha value is -1.46. The summed E-state index contributed by atoms with van der Waals surface area (Å²) in [6.07, 6.45) is 12.3. The van der Waals surface area contributed by atoms with E-state index in [1.165, 1.54) is 17.8 Å². The number of aryl methyl sites for hydroxylation is 1. The second-order valence-corrected chi connectivity index (χ2v) is 9.61. The van der Waals surface area contributed by atoms with Crippen LogP contribution >= 0.6 is 11.3 Å². The smallest absolute Gasteiger partial charge is 0.345 e. The van der Waals surface area contributed by atoms with Gasteiger partial charge in [0.1, 0.15) is 4.88 Å². The molecule has 1 aromatic rings. The molecule has 0 bridgehead atoms. The maximum Gasteiger partial charge on any atom is 0.345 e. The molecule has 0 radical (unpaired) electrons. The number of hydrogen-bond donors (Lipinski definition) is 2. The highest BCUT2D eigenvalue weighted by Crippen LogP contribution is 2.48. The lowest BCUT2D eigenvalue weighted by atomic mass is 9.62. The molecule has 4 nitrogen and oxygen atoms in total. The van der Waals surface area contributed by atoms with Gasteiger partial charge < -0.3 is 10.2 Å². The largest absolute Gasteiger partial charge is 0.477 e. The van der Waals surface area contributed by atoms with Crippen LogP contribution in [0, 0.1) is 11.3 Å². The Bertz CT molecular complexity index is 723. The number of Topliss-reactive ketones (excluding diaryl/α,β-unsaturated/α-hetero) is 1. The maximum atomic E-state index is 12.3. The Morgan fingerprint density at radius 3 is 2.79 bits per heavy atom. The van der Waals surface area contributed by atoms with E-state index in [9.17, 15) is 14.7 Å². The first kappa shape index (κ1) is 21.3. The van der Waals surface area contributed by atoms with Crippen molar-refractivity contribution >= 4 is 23.1 Å². The summed E-state index contributed by atoms with van der Waals surface area (Å²) in [5, 5.41) is 19.6. The molecule has 2 atom stereocenters. The van der Waals surface area contributed by atoms with Crippen molar-refractivity contribution < 1.29 is 19.8 Å². The lowest BCUT2D eigenvalue weighted by Gasteiger charge is -2.45. The van der Waals surface area contributed by atoms with Crippen LogP contribution in [0.2, 0.25) is 0 Å². The Labute approximate surface area is 171 Å². The number of aromatic carboxylic acids is 1. The van der Waals surface area contributed by atoms with Crippen LogP contribution in [0.4, 0.5) is 0 Å². The van der Waals surface area contributed by atoms with Crippen molar-refractivity contribution in [2.24, 2.45) is 11.3 Å². The lowest BCUT2D eigenvalue weighted by molar-refractivity contribution is -0.114. The maximum absolute atomic E-state index is 12.3. The molecule has 1 unspecified atom stereocenters. The van der Waals surface area contributed by atoms with Gasteiger partial charge in [-0.1, -0.05) is 19.4 Å². The summed E-state index contributed by atoms with van der Waals surface area (Å²) in [6, 6.07) is 3.57. The molecule has 2 fully saturated rings. The minimum Gasteiger partial charge on any atom is -0.477 e. The van der Waals surface area contributed by atoms with Crippen molar-refractivity contribution in [1.29, 1.82) is 0 Å². The number of thiophene rings is 1. The van der Waals surface area contributed by atoms with E-state index >= 15 is 0 Å². The van der Waals surface area contributed by atoms with E-state index in [0.717, 1.165) is 68.2 Å². The summed E-state index contributed by atoms with van der Waals surface area (Å²) in [4.78, 5) is 24.8. The van der Waals surface area contributed by atoms with Crippen LogP contribution in [0.5, 0.6) is 0 Å². The van der Waals surface area contributed by atoms with Crippen molar-refractivity contribution in [3.63, 3.8) is 0 Å². The van der Waals surface area contributed by atoms with Crippen LogP contribution in [0.3, 0.4) is 0 Å². The average Bonchev–Trinajstić information content (AvgIpc) is 3.23. The quantitative estimate of drug-likeness (QED) is 0.512. The number of carboxylic acids is 1. The van der Waals surface area contributed by atoms with Gasteiger partial charge >= 0.3 is 5.97 Å². The molecule has 1 heterocycles. The Morgan fingerprint density at radius 2 is 2.18 bits per heavy atom. The van der Waals surface area contributed by atoms with Gasteiger partial charge in [0.2, 0.25) is 0 Å². The molecule has 2 saturated carbocycles. The van der Waals surface area contributed by atoms with E-state index in [1.54, 1.807) is 6.07 Å². The fourth-order valence-corrected chi connectivity index (χ4v) is 5.71. The summed E-state index contributed by atoms with van der Waals surface area (Å²) in [6.45, 7) is 2.17. The first-order valence-electron chi connectivity index (χ1n) is 10.7. The molecular weight excluding hydrogens is 372 g/mol. The predicted molar refractivity (Wildman–Crippen MR) is 112 cm³/mol. The first-order valence-corrected chi connectivity index (χ1v) is 11.5. The zero-order valence-electron chi connectivity index (χ0n) is 16.8. The minimum absolute atomic E-state index is 0.132. The van der Waals surface area contributed by atoms with Crippen LogP contribution < -0.4 is 0 Å². The van der Waals surface area contributed by atoms with Crippen LogP contribution in [0.25, 0.3) is 0 Å². The van der Waals surface area contributed by atoms with Gasteiger partial charge in [0.05, 0.1) is 6.10 Å². The molecule has 3 rings (SSSR count). The number of carbonyl (C=O) groups is 2. The molecular formula is C23H32O4S. The number of carboxylic acid groups (broad SMARTS) is 1. The van der Waals surface area contributed by atoms with Gasteiger partial charge in [-0.15, -0.1) is 11.3 Å². The summed E-state index contributed by atoms with van der Waals surface area (Å²) in [7, 11) is 0. The number of hydrogen-bond acceptors (Lipinski definition) is 4. The van der Waals surface area contributed by atoms with E-state index in [0.29, 0.717) is 17.2 Å². The zero-order valence-corrected chi connectivity index (χ0v) is 17.6. The van der Waals surface area contributed by atoms with Gasteiger partial charge in [-0.05, 0) is 86.8 Å². The van der Waals surface area contributed by atoms with E-state index in [4.69, 9.17) is 5.11 Å². The summed E-state index contributed by atoms with van der Waals surface area (Å²) < 4.78 is 0. The van der Waals surface area contributed by atoms with Gasteiger partial charge in [0, 0.05) is 11.3 Å². The first-order chi connectivity index (χ1) is 13.4. The van der Waals surface area contributed by atoms with Gasteiger partial charge in [0.15, 0.2) is 5.78 Å². The Morgan fingerprint density at radius 1 is 1.39 bits per heavy atom. The molecule has 28 heavy (non-hydrogen) atoms. The van der Waals surface area contributed by atoms with Crippen LogP contribution in [-0.4, -0.2) is 28.1 Å².